The molecule has 0 unspecified atom stereocenters. The number of pyridine rings is 1. The standard InChI is InChI=1S/C24H20Cl2N2O3/c25-17-7-3-15(4-8-17)14-22(29)28-13-1-2-21(28)20-12-11-19(24(30)31)23(27-20)16-5-9-18(26)10-6-16/h3-12,21H,1-2,13-14H2,(H,30,31)/t21-/m1/s1. The molecule has 1 saturated heterocycles. The van der Waals surface area contributed by atoms with Gasteiger partial charge in [0.2, 0.25) is 5.91 Å². The summed E-state index contributed by atoms with van der Waals surface area (Å²) in [6.07, 6.45) is 1.94. The highest BCUT2D eigenvalue weighted by atomic mass is 35.5. The van der Waals surface area contributed by atoms with Gasteiger partial charge in [-0.25, -0.2) is 9.78 Å². The van der Waals surface area contributed by atoms with Gasteiger partial charge in [-0.3, -0.25) is 4.79 Å². The van der Waals surface area contributed by atoms with Gasteiger partial charge in [0, 0.05) is 22.2 Å². The van der Waals surface area contributed by atoms with Crippen LogP contribution in [0.4, 0.5) is 0 Å². The minimum absolute atomic E-state index is 0.0157. The van der Waals surface area contributed by atoms with E-state index >= 15 is 0 Å². The summed E-state index contributed by atoms with van der Waals surface area (Å²) in [4.78, 5) is 31.3. The summed E-state index contributed by atoms with van der Waals surface area (Å²) in [7, 11) is 0. The number of halogens is 2. The lowest BCUT2D eigenvalue weighted by Gasteiger charge is -2.25. The van der Waals surface area contributed by atoms with Crippen LogP contribution in [0.15, 0.2) is 60.7 Å². The van der Waals surface area contributed by atoms with Crippen molar-refractivity contribution in [3.63, 3.8) is 0 Å². The van der Waals surface area contributed by atoms with E-state index in [1.54, 1.807) is 48.5 Å². The SMILES string of the molecule is O=C(O)c1ccc([C@H]2CCCN2C(=O)Cc2ccc(Cl)cc2)nc1-c1ccc(Cl)cc1. The zero-order valence-electron chi connectivity index (χ0n) is 16.6. The van der Waals surface area contributed by atoms with Crippen LogP contribution in [0.2, 0.25) is 10.0 Å². The van der Waals surface area contributed by atoms with Crippen molar-refractivity contribution < 1.29 is 14.7 Å². The number of likely N-dealkylation sites (tertiary alicyclic amines) is 1. The molecule has 31 heavy (non-hydrogen) atoms. The zero-order valence-corrected chi connectivity index (χ0v) is 18.1. The van der Waals surface area contributed by atoms with Crippen LogP contribution in [0.3, 0.4) is 0 Å². The number of carboxylic acid groups (broad SMARTS) is 1. The number of hydrogen-bond donors (Lipinski definition) is 1. The minimum atomic E-state index is -1.05. The molecule has 0 bridgehead atoms. The predicted molar refractivity (Wildman–Crippen MR) is 120 cm³/mol. The van der Waals surface area contributed by atoms with Crippen LogP contribution in [0.1, 0.15) is 40.5 Å². The van der Waals surface area contributed by atoms with Gasteiger partial charge in [0.05, 0.1) is 29.4 Å². The van der Waals surface area contributed by atoms with Gasteiger partial charge in [-0.2, -0.15) is 0 Å². The Kier molecular flexibility index (Phi) is 6.25. The van der Waals surface area contributed by atoms with Gasteiger partial charge in [-0.1, -0.05) is 47.5 Å². The average molecular weight is 455 g/mol. The lowest BCUT2D eigenvalue weighted by atomic mass is 10.0. The molecule has 3 aromatic rings. The summed E-state index contributed by atoms with van der Waals surface area (Å²) < 4.78 is 0. The van der Waals surface area contributed by atoms with Crippen molar-refractivity contribution in [2.24, 2.45) is 0 Å². The Balaban J connectivity index is 1.63. The molecule has 0 saturated carbocycles. The molecule has 0 radical (unpaired) electrons. The first-order valence-electron chi connectivity index (χ1n) is 9.96. The van der Waals surface area contributed by atoms with E-state index in [0.717, 1.165) is 18.4 Å². The first-order chi connectivity index (χ1) is 14.9. The maximum absolute atomic E-state index is 13.0. The highest BCUT2D eigenvalue weighted by molar-refractivity contribution is 6.30. The molecule has 1 amide bonds. The molecule has 1 aliphatic heterocycles. The van der Waals surface area contributed by atoms with Gasteiger partial charge in [-0.05, 0) is 54.8 Å². The highest BCUT2D eigenvalue weighted by Gasteiger charge is 2.31. The fourth-order valence-corrected chi connectivity index (χ4v) is 4.16. The molecule has 1 N–H and O–H groups in total. The lowest BCUT2D eigenvalue weighted by molar-refractivity contribution is -0.131. The number of hydrogen-bond acceptors (Lipinski definition) is 3. The summed E-state index contributed by atoms with van der Waals surface area (Å²) >= 11 is 11.9. The van der Waals surface area contributed by atoms with Gasteiger partial charge in [0.15, 0.2) is 0 Å². The second-order valence-electron chi connectivity index (χ2n) is 7.49. The summed E-state index contributed by atoms with van der Waals surface area (Å²) in [5.74, 6) is -1.03. The molecular weight excluding hydrogens is 435 g/mol. The van der Waals surface area contributed by atoms with E-state index in [4.69, 9.17) is 28.2 Å². The fourth-order valence-electron chi connectivity index (χ4n) is 3.91. The molecule has 2 aromatic carbocycles. The van der Waals surface area contributed by atoms with Gasteiger partial charge in [0.1, 0.15) is 0 Å². The minimum Gasteiger partial charge on any atom is -0.478 e. The number of benzene rings is 2. The topological polar surface area (TPSA) is 70.5 Å². The van der Waals surface area contributed by atoms with Crippen molar-refractivity contribution in [2.75, 3.05) is 6.54 Å². The number of aromatic nitrogens is 1. The highest BCUT2D eigenvalue weighted by Crippen LogP contribution is 2.34. The molecule has 1 aliphatic rings. The van der Waals surface area contributed by atoms with E-state index in [0.29, 0.717) is 33.5 Å². The van der Waals surface area contributed by atoms with Crippen LogP contribution >= 0.6 is 23.2 Å². The van der Waals surface area contributed by atoms with E-state index in [-0.39, 0.29) is 23.9 Å². The lowest BCUT2D eigenvalue weighted by Crippen LogP contribution is -2.32. The van der Waals surface area contributed by atoms with E-state index in [2.05, 4.69) is 0 Å². The maximum Gasteiger partial charge on any atom is 0.337 e. The van der Waals surface area contributed by atoms with Crippen LogP contribution < -0.4 is 0 Å². The van der Waals surface area contributed by atoms with Gasteiger partial charge < -0.3 is 10.0 Å². The Labute approximate surface area is 190 Å². The van der Waals surface area contributed by atoms with Crippen LogP contribution in [-0.2, 0) is 11.2 Å². The van der Waals surface area contributed by atoms with Crippen LogP contribution in [0.25, 0.3) is 11.3 Å². The predicted octanol–water partition coefficient (Wildman–Crippen LogP) is 5.66. The molecule has 1 aromatic heterocycles. The molecule has 2 heterocycles. The van der Waals surface area contributed by atoms with Crippen molar-refractivity contribution in [1.82, 2.24) is 9.88 Å². The Morgan fingerprint density at radius 2 is 1.61 bits per heavy atom. The summed E-state index contributed by atoms with van der Waals surface area (Å²) in [5.41, 5.74) is 2.75. The average Bonchev–Trinajstić information content (AvgIpc) is 3.25. The van der Waals surface area contributed by atoms with E-state index in [9.17, 15) is 14.7 Å². The number of rotatable bonds is 5. The molecule has 4 rings (SSSR count). The normalized spacial score (nSPS) is 15.8. The smallest absolute Gasteiger partial charge is 0.337 e. The molecular formula is C24H20Cl2N2O3. The van der Waals surface area contributed by atoms with Gasteiger partial charge in [-0.15, -0.1) is 0 Å². The molecule has 5 nitrogen and oxygen atoms in total. The first kappa shape index (κ1) is 21.3. The Bertz CT molecular complexity index is 1110. The number of carboxylic acids is 1. The first-order valence-corrected chi connectivity index (χ1v) is 10.7. The van der Waals surface area contributed by atoms with Crippen molar-refractivity contribution in [3.8, 4) is 11.3 Å². The third kappa shape index (κ3) is 4.73. The quantitative estimate of drug-likeness (QED) is 0.539. The molecule has 7 heteroatoms. The van der Waals surface area contributed by atoms with Crippen LogP contribution in [0, 0.1) is 0 Å². The van der Waals surface area contributed by atoms with Crippen molar-refractivity contribution in [1.29, 1.82) is 0 Å². The zero-order chi connectivity index (χ0) is 22.0. The number of amides is 1. The van der Waals surface area contributed by atoms with E-state index in [1.165, 1.54) is 0 Å². The van der Waals surface area contributed by atoms with Crippen LogP contribution in [0.5, 0.6) is 0 Å². The Hall–Kier alpha value is -2.89. The fraction of sp³-hybridized carbons (Fsp3) is 0.208. The van der Waals surface area contributed by atoms with Gasteiger partial charge in [0.25, 0.3) is 0 Å². The van der Waals surface area contributed by atoms with E-state index in [1.807, 2.05) is 17.0 Å². The summed E-state index contributed by atoms with van der Waals surface area (Å²) in [5, 5.41) is 10.8. The monoisotopic (exact) mass is 454 g/mol. The Morgan fingerprint density at radius 3 is 2.26 bits per heavy atom. The molecule has 0 aliphatic carbocycles. The largest absolute Gasteiger partial charge is 0.478 e. The third-order valence-corrected chi connectivity index (χ3v) is 5.95. The maximum atomic E-state index is 13.0. The number of aromatic carboxylic acids is 1. The molecule has 1 atom stereocenters. The number of carbonyl (C=O) groups excluding carboxylic acids is 1. The van der Waals surface area contributed by atoms with Crippen molar-refractivity contribution in [3.05, 3.63) is 87.5 Å². The van der Waals surface area contributed by atoms with Crippen LogP contribution in [-0.4, -0.2) is 33.4 Å². The molecule has 158 valence electrons. The van der Waals surface area contributed by atoms with Crippen molar-refractivity contribution >= 4 is 35.1 Å². The summed E-state index contributed by atoms with van der Waals surface area (Å²) in [6.45, 7) is 0.649. The Morgan fingerprint density at radius 1 is 0.968 bits per heavy atom. The second kappa shape index (κ2) is 9.08. The summed E-state index contributed by atoms with van der Waals surface area (Å²) in [6, 6.07) is 17.2. The number of nitrogens with zero attached hydrogens (tertiary/aromatic N) is 2. The third-order valence-electron chi connectivity index (χ3n) is 5.45. The van der Waals surface area contributed by atoms with Crippen molar-refractivity contribution in [2.45, 2.75) is 25.3 Å². The molecule has 0 spiro atoms. The van der Waals surface area contributed by atoms with E-state index < -0.39 is 5.97 Å². The van der Waals surface area contributed by atoms with Gasteiger partial charge >= 0.3 is 5.97 Å². The number of carbonyl (C=O) groups is 2. The molecule has 1 fully saturated rings. The second-order valence-corrected chi connectivity index (χ2v) is 8.37.